The Bertz CT molecular complexity index is 962. The van der Waals surface area contributed by atoms with Crippen molar-refractivity contribution in [3.8, 4) is 0 Å². The van der Waals surface area contributed by atoms with E-state index in [1.807, 2.05) is 30.3 Å². The van der Waals surface area contributed by atoms with E-state index in [-0.39, 0.29) is 5.91 Å². The number of rotatable bonds is 8. The lowest BCUT2D eigenvalue weighted by molar-refractivity contribution is -0.113. The molecule has 0 spiro atoms. The normalized spacial score (nSPS) is 13.6. The number of hydrogen-bond acceptors (Lipinski definition) is 4. The zero-order chi connectivity index (χ0) is 20.2. The standard InChI is InChI=1S/C23H26N4OS/c1-16(2)18-10-12-20(13-11-18)24-21(28)15-29-23-26-25-22(19-8-9-19)27(23)14-17-6-4-3-5-7-17/h3-7,10-13,16,19H,8-9,14-15H2,1-2H3,(H,24,28). The van der Waals surface area contributed by atoms with E-state index < -0.39 is 0 Å². The molecule has 1 amide bonds. The largest absolute Gasteiger partial charge is 0.325 e. The number of hydrogen-bond donors (Lipinski definition) is 1. The predicted molar refractivity (Wildman–Crippen MR) is 117 cm³/mol. The second-order valence-electron chi connectivity index (χ2n) is 7.80. The van der Waals surface area contributed by atoms with Crippen LogP contribution in [0.3, 0.4) is 0 Å². The first kappa shape index (κ1) is 19.7. The van der Waals surface area contributed by atoms with Crippen molar-refractivity contribution in [2.24, 2.45) is 0 Å². The minimum absolute atomic E-state index is 0.0328. The second-order valence-corrected chi connectivity index (χ2v) is 8.74. The van der Waals surface area contributed by atoms with Crippen LogP contribution in [0.5, 0.6) is 0 Å². The molecule has 0 aliphatic heterocycles. The molecule has 6 heteroatoms. The Morgan fingerprint density at radius 1 is 1.10 bits per heavy atom. The minimum atomic E-state index is -0.0328. The molecule has 0 unspecified atom stereocenters. The molecule has 4 rings (SSSR count). The van der Waals surface area contributed by atoms with Crippen molar-refractivity contribution >= 4 is 23.4 Å². The van der Waals surface area contributed by atoms with Crippen LogP contribution in [0.4, 0.5) is 5.69 Å². The van der Waals surface area contributed by atoms with E-state index in [2.05, 4.69) is 58.2 Å². The molecule has 1 aromatic heterocycles. The maximum absolute atomic E-state index is 12.4. The van der Waals surface area contributed by atoms with Gasteiger partial charge in [0.25, 0.3) is 0 Å². The van der Waals surface area contributed by atoms with Gasteiger partial charge in [0.15, 0.2) is 5.16 Å². The summed E-state index contributed by atoms with van der Waals surface area (Å²) in [6, 6.07) is 18.4. The SMILES string of the molecule is CC(C)c1ccc(NC(=O)CSc2nnc(C3CC3)n2Cc2ccccc2)cc1. The molecule has 1 fully saturated rings. The van der Waals surface area contributed by atoms with Crippen molar-refractivity contribution in [3.05, 3.63) is 71.5 Å². The van der Waals surface area contributed by atoms with Crippen LogP contribution in [0.25, 0.3) is 0 Å². The van der Waals surface area contributed by atoms with Crippen LogP contribution in [0, 0.1) is 0 Å². The van der Waals surface area contributed by atoms with Crippen molar-refractivity contribution in [2.45, 2.75) is 50.2 Å². The van der Waals surface area contributed by atoms with E-state index in [0.717, 1.165) is 23.2 Å². The van der Waals surface area contributed by atoms with Crippen LogP contribution < -0.4 is 5.32 Å². The van der Waals surface area contributed by atoms with Gasteiger partial charge in [-0.2, -0.15) is 0 Å². The zero-order valence-electron chi connectivity index (χ0n) is 16.8. The van der Waals surface area contributed by atoms with E-state index in [4.69, 9.17) is 0 Å². The van der Waals surface area contributed by atoms with Gasteiger partial charge in [-0.25, -0.2) is 0 Å². The topological polar surface area (TPSA) is 59.8 Å². The molecule has 3 aromatic rings. The highest BCUT2D eigenvalue weighted by Crippen LogP contribution is 2.40. The summed E-state index contributed by atoms with van der Waals surface area (Å²) < 4.78 is 2.17. The Morgan fingerprint density at radius 3 is 2.48 bits per heavy atom. The molecule has 1 saturated carbocycles. The third-order valence-electron chi connectivity index (χ3n) is 5.06. The molecular weight excluding hydrogens is 380 g/mol. The summed E-state index contributed by atoms with van der Waals surface area (Å²) in [5.74, 6) is 2.31. The van der Waals surface area contributed by atoms with Gasteiger partial charge < -0.3 is 9.88 Å². The molecule has 150 valence electrons. The van der Waals surface area contributed by atoms with Gasteiger partial charge in [-0.05, 0) is 42.0 Å². The molecule has 0 bridgehead atoms. The van der Waals surface area contributed by atoms with Crippen LogP contribution in [0.15, 0.2) is 59.8 Å². The monoisotopic (exact) mass is 406 g/mol. The molecule has 1 aliphatic rings. The summed E-state index contributed by atoms with van der Waals surface area (Å²) in [5, 5.41) is 12.6. The number of nitrogens with one attached hydrogen (secondary N) is 1. The number of benzene rings is 2. The molecule has 0 atom stereocenters. The van der Waals surface area contributed by atoms with Crippen molar-refractivity contribution < 1.29 is 4.79 Å². The Morgan fingerprint density at radius 2 is 1.83 bits per heavy atom. The second kappa shape index (κ2) is 8.82. The number of nitrogens with zero attached hydrogens (tertiary/aromatic N) is 3. The van der Waals surface area contributed by atoms with Gasteiger partial charge >= 0.3 is 0 Å². The number of carbonyl (C=O) groups excluding carboxylic acids is 1. The van der Waals surface area contributed by atoms with Crippen LogP contribution in [0.2, 0.25) is 0 Å². The first-order valence-corrected chi connectivity index (χ1v) is 11.1. The zero-order valence-corrected chi connectivity index (χ0v) is 17.7. The number of amides is 1. The molecule has 1 heterocycles. The lowest BCUT2D eigenvalue weighted by atomic mass is 10.0. The summed E-state index contributed by atoms with van der Waals surface area (Å²) in [7, 11) is 0. The Kier molecular flexibility index (Phi) is 6.00. The predicted octanol–water partition coefficient (Wildman–Crippen LogP) is 5.06. The highest BCUT2D eigenvalue weighted by molar-refractivity contribution is 7.99. The van der Waals surface area contributed by atoms with E-state index in [1.165, 1.54) is 35.7 Å². The van der Waals surface area contributed by atoms with Crippen molar-refractivity contribution in [1.82, 2.24) is 14.8 Å². The van der Waals surface area contributed by atoms with Gasteiger partial charge in [0.1, 0.15) is 5.82 Å². The summed E-state index contributed by atoms with van der Waals surface area (Å²) in [4.78, 5) is 12.4. The van der Waals surface area contributed by atoms with Crippen LogP contribution in [-0.2, 0) is 11.3 Å². The van der Waals surface area contributed by atoms with E-state index >= 15 is 0 Å². The number of thioether (sulfide) groups is 1. The van der Waals surface area contributed by atoms with Crippen LogP contribution in [-0.4, -0.2) is 26.4 Å². The van der Waals surface area contributed by atoms with E-state index in [9.17, 15) is 4.79 Å². The minimum Gasteiger partial charge on any atom is -0.325 e. The maximum atomic E-state index is 12.4. The number of anilines is 1. The van der Waals surface area contributed by atoms with Crippen LogP contribution >= 0.6 is 11.8 Å². The summed E-state index contributed by atoms with van der Waals surface area (Å²) in [6.07, 6.45) is 2.34. The Balaban J connectivity index is 1.40. The molecule has 0 saturated heterocycles. The molecule has 29 heavy (non-hydrogen) atoms. The van der Waals surface area contributed by atoms with Gasteiger partial charge in [-0.1, -0.05) is 68.1 Å². The smallest absolute Gasteiger partial charge is 0.234 e. The van der Waals surface area contributed by atoms with Gasteiger partial charge in [0.2, 0.25) is 5.91 Å². The fraction of sp³-hybridized carbons (Fsp3) is 0.348. The molecule has 1 N–H and O–H groups in total. The maximum Gasteiger partial charge on any atom is 0.234 e. The number of carbonyl (C=O) groups is 1. The lowest BCUT2D eigenvalue weighted by Crippen LogP contribution is -2.15. The highest BCUT2D eigenvalue weighted by Gasteiger charge is 2.30. The fourth-order valence-electron chi connectivity index (χ4n) is 3.24. The molecule has 2 aromatic carbocycles. The van der Waals surface area contributed by atoms with Crippen molar-refractivity contribution in [1.29, 1.82) is 0 Å². The first-order valence-electron chi connectivity index (χ1n) is 10.1. The number of aromatic nitrogens is 3. The van der Waals surface area contributed by atoms with Gasteiger partial charge in [-0.15, -0.1) is 10.2 Å². The summed E-state index contributed by atoms with van der Waals surface area (Å²) >= 11 is 1.45. The Hall–Kier alpha value is -2.60. The highest BCUT2D eigenvalue weighted by atomic mass is 32.2. The van der Waals surface area contributed by atoms with E-state index in [1.54, 1.807) is 0 Å². The van der Waals surface area contributed by atoms with E-state index in [0.29, 0.717) is 17.6 Å². The van der Waals surface area contributed by atoms with Gasteiger partial charge in [-0.3, -0.25) is 4.79 Å². The average molecular weight is 407 g/mol. The van der Waals surface area contributed by atoms with Gasteiger partial charge in [0.05, 0.1) is 12.3 Å². The van der Waals surface area contributed by atoms with Crippen LogP contribution in [0.1, 0.15) is 55.5 Å². The molecular formula is C23H26N4OS. The lowest BCUT2D eigenvalue weighted by Gasteiger charge is -2.11. The molecule has 0 radical (unpaired) electrons. The third kappa shape index (κ3) is 5.07. The first-order chi connectivity index (χ1) is 14.1. The fourth-order valence-corrected chi connectivity index (χ4v) is 3.99. The molecule has 1 aliphatic carbocycles. The van der Waals surface area contributed by atoms with Crippen molar-refractivity contribution in [3.63, 3.8) is 0 Å². The quantitative estimate of drug-likeness (QED) is 0.531. The Labute approximate surface area is 175 Å². The van der Waals surface area contributed by atoms with Crippen molar-refractivity contribution in [2.75, 3.05) is 11.1 Å². The van der Waals surface area contributed by atoms with Gasteiger partial charge in [0, 0.05) is 11.6 Å². The summed E-state index contributed by atoms with van der Waals surface area (Å²) in [6.45, 7) is 5.05. The third-order valence-corrected chi connectivity index (χ3v) is 6.03. The summed E-state index contributed by atoms with van der Waals surface area (Å²) in [5.41, 5.74) is 3.30. The average Bonchev–Trinajstić information content (AvgIpc) is 3.49. The molecule has 5 nitrogen and oxygen atoms in total.